The number of carboxylic acid groups (broad SMARTS) is 1. The van der Waals surface area contributed by atoms with Gasteiger partial charge in [0.2, 0.25) is 0 Å². The zero-order valence-corrected chi connectivity index (χ0v) is 13.0. The van der Waals surface area contributed by atoms with Crippen LogP contribution in [0.5, 0.6) is 5.75 Å². The molecule has 0 saturated carbocycles. The summed E-state index contributed by atoms with van der Waals surface area (Å²) in [6, 6.07) is 15.4. The van der Waals surface area contributed by atoms with Gasteiger partial charge in [-0.05, 0) is 36.4 Å². The first-order valence-corrected chi connectivity index (χ1v) is 8.23. The number of quaternary nitrogens is 1. The number of nitrogens with two attached hydrogens (primary N) is 1. The van der Waals surface area contributed by atoms with Crippen LogP contribution in [0.1, 0.15) is 21.3 Å². The third-order valence-electron chi connectivity index (χ3n) is 3.59. The van der Waals surface area contributed by atoms with Crippen LogP contribution >= 0.6 is 11.8 Å². The van der Waals surface area contributed by atoms with Crippen molar-refractivity contribution in [3.8, 4) is 5.75 Å². The summed E-state index contributed by atoms with van der Waals surface area (Å²) < 4.78 is 5.32. The summed E-state index contributed by atoms with van der Waals surface area (Å²) in [7, 11) is 0. The highest BCUT2D eigenvalue weighted by molar-refractivity contribution is 7.99. The van der Waals surface area contributed by atoms with Crippen molar-refractivity contribution in [2.24, 2.45) is 0 Å². The summed E-state index contributed by atoms with van der Waals surface area (Å²) in [6.45, 7) is 0. The first-order chi connectivity index (χ1) is 11.1. The van der Waals surface area contributed by atoms with E-state index in [9.17, 15) is 14.7 Å². The molecule has 0 unspecified atom stereocenters. The number of carbonyl (C=O) groups is 2. The SMILES string of the molecule is O=C(Oc1ccc([C@H]2[NH2+][C@H](C(=O)[O-])CS2)cc1)c1ccccc1. The van der Waals surface area contributed by atoms with E-state index in [1.807, 2.05) is 18.2 Å². The number of thioether (sulfide) groups is 1. The molecule has 118 valence electrons. The fourth-order valence-electron chi connectivity index (χ4n) is 2.35. The number of hydrogen-bond donors (Lipinski definition) is 1. The fourth-order valence-corrected chi connectivity index (χ4v) is 3.66. The summed E-state index contributed by atoms with van der Waals surface area (Å²) in [5.41, 5.74) is 1.48. The van der Waals surface area contributed by atoms with E-state index in [2.05, 4.69) is 0 Å². The summed E-state index contributed by atoms with van der Waals surface area (Å²) in [4.78, 5) is 22.8. The van der Waals surface area contributed by atoms with E-state index < -0.39 is 18.0 Å². The molecular formula is C17H15NO4S. The molecule has 1 heterocycles. The fraction of sp³-hybridized carbons (Fsp3) is 0.176. The third kappa shape index (κ3) is 3.72. The van der Waals surface area contributed by atoms with E-state index in [1.165, 1.54) is 0 Å². The standard InChI is InChI=1S/C17H15NO4S/c19-16(20)14-10-23-15(18-14)11-6-8-13(9-7-11)22-17(21)12-4-2-1-3-5-12/h1-9,14-15,18H,10H2,(H,19,20)/t14-,15-/m0/s1. The van der Waals surface area contributed by atoms with Gasteiger partial charge in [-0.2, -0.15) is 0 Å². The van der Waals surface area contributed by atoms with Gasteiger partial charge in [0.25, 0.3) is 0 Å². The molecule has 2 atom stereocenters. The van der Waals surface area contributed by atoms with E-state index in [0.717, 1.165) is 5.56 Å². The molecule has 1 aliphatic rings. The number of esters is 1. The van der Waals surface area contributed by atoms with E-state index in [1.54, 1.807) is 53.5 Å². The summed E-state index contributed by atoms with van der Waals surface area (Å²) in [5, 5.41) is 12.7. The van der Waals surface area contributed by atoms with Crippen molar-refractivity contribution in [1.82, 2.24) is 0 Å². The Kier molecular flexibility index (Phi) is 4.64. The highest BCUT2D eigenvalue weighted by Gasteiger charge is 2.30. The van der Waals surface area contributed by atoms with Gasteiger partial charge in [-0.3, -0.25) is 0 Å². The van der Waals surface area contributed by atoms with E-state index in [4.69, 9.17) is 4.74 Å². The summed E-state index contributed by atoms with van der Waals surface area (Å²) in [6.07, 6.45) is 0. The average Bonchev–Trinajstić information content (AvgIpc) is 3.07. The van der Waals surface area contributed by atoms with Crippen molar-refractivity contribution in [3.05, 3.63) is 65.7 Å². The first-order valence-electron chi connectivity index (χ1n) is 7.18. The molecule has 0 spiro atoms. The molecule has 0 amide bonds. The predicted molar refractivity (Wildman–Crippen MR) is 83.8 cm³/mol. The predicted octanol–water partition coefficient (Wildman–Crippen LogP) is 0.333. The van der Waals surface area contributed by atoms with Gasteiger partial charge < -0.3 is 20.0 Å². The summed E-state index contributed by atoms with van der Waals surface area (Å²) in [5.74, 6) is -0.454. The second-order valence-corrected chi connectivity index (χ2v) is 6.37. The second kappa shape index (κ2) is 6.85. The zero-order chi connectivity index (χ0) is 16.2. The molecule has 0 bridgehead atoms. The molecule has 0 aliphatic carbocycles. The minimum atomic E-state index is -1.03. The largest absolute Gasteiger partial charge is 0.544 e. The Balaban J connectivity index is 1.64. The third-order valence-corrected chi connectivity index (χ3v) is 4.93. The molecule has 2 aromatic carbocycles. The number of hydrogen-bond acceptors (Lipinski definition) is 5. The normalized spacial score (nSPS) is 20.2. The van der Waals surface area contributed by atoms with Gasteiger partial charge in [0.1, 0.15) is 17.8 Å². The molecule has 23 heavy (non-hydrogen) atoms. The smallest absolute Gasteiger partial charge is 0.343 e. The zero-order valence-electron chi connectivity index (χ0n) is 12.2. The lowest BCUT2D eigenvalue weighted by molar-refractivity contribution is -0.690. The van der Waals surface area contributed by atoms with Gasteiger partial charge in [0.15, 0.2) is 5.37 Å². The van der Waals surface area contributed by atoms with Crippen LogP contribution in [0.3, 0.4) is 0 Å². The maximum Gasteiger partial charge on any atom is 0.343 e. The van der Waals surface area contributed by atoms with Crippen LogP contribution in [0.15, 0.2) is 54.6 Å². The molecule has 6 heteroatoms. The van der Waals surface area contributed by atoms with Crippen molar-refractivity contribution in [2.75, 3.05) is 5.75 Å². The van der Waals surface area contributed by atoms with Crippen molar-refractivity contribution in [2.45, 2.75) is 11.4 Å². The monoisotopic (exact) mass is 329 g/mol. The van der Waals surface area contributed by atoms with Gasteiger partial charge in [-0.15, -0.1) is 0 Å². The van der Waals surface area contributed by atoms with Gasteiger partial charge in [0, 0.05) is 5.56 Å². The minimum absolute atomic E-state index is 0.0248. The van der Waals surface area contributed by atoms with Gasteiger partial charge >= 0.3 is 5.97 Å². The first kappa shape index (κ1) is 15.6. The van der Waals surface area contributed by atoms with Crippen LogP contribution in [0, 0.1) is 0 Å². The molecule has 3 rings (SSSR count). The van der Waals surface area contributed by atoms with E-state index in [0.29, 0.717) is 17.1 Å². The second-order valence-electron chi connectivity index (χ2n) is 5.20. The number of benzene rings is 2. The Bertz CT molecular complexity index is 702. The van der Waals surface area contributed by atoms with Crippen molar-refractivity contribution >= 4 is 23.7 Å². The van der Waals surface area contributed by atoms with Crippen LogP contribution in [0.4, 0.5) is 0 Å². The number of aliphatic carboxylic acids is 1. The van der Waals surface area contributed by atoms with Crippen LogP contribution in [0.2, 0.25) is 0 Å². The Hall–Kier alpha value is -2.31. The van der Waals surface area contributed by atoms with E-state index >= 15 is 0 Å². The Morgan fingerprint density at radius 2 is 1.78 bits per heavy atom. The topological polar surface area (TPSA) is 83.0 Å². The molecule has 1 saturated heterocycles. The molecule has 0 aromatic heterocycles. The molecule has 1 aliphatic heterocycles. The van der Waals surface area contributed by atoms with Crippen LogP contribution in [-0.4, -0.2) is 23.7 Å². The van der Waals surface area contributed by atoms with Crippen LogP contribution in [0.25, 0.3) is 0 Å². The van der Waals surface area contributed by atoms with Crippen molar-refractivity contribution < 1.29 is 24.7 Å². The molecule has 2 aromatic rings. The van der Waals surface area contributed by atoms with Crippen molar-refractivity contribution in [3.63, 3.8) is 0 Å². The highest BCUT2D eigenvalue weighted by atomic mass is 32.2. The minimum Gasteiger partial charge on any atom is -0.544 e. The molecule has 5 nitrogen and oxygen atoms in total. The lowest BCUT2D eigenvalue weighted by atomic mass is 10.2. The van der Waals surface area contributed by atoms with Crippen LogP contribution in [-0.2, 0) is 4.79 Å². The van der Waals surface area contributed by atoms with Crippen molar-refractivity contribution in [1.29, 1.82) is 0 Å². The van der Waals surface area contributed by atoms with Gasteiger partial charge in [0.05, 0.1) is 11.3 Å². The summed E-state index contributed by atoms with van der Waals surface area (Å²) >= 11 is 1.56. The van der Waals surface area contributed by atoms with Gasteiger partial charge in [-0.25, -0.2) is 4.79 Å². The molecular weight excluding hydrogens is 314 g/mol. The Morgan fingerprint density at radius 1 is 1.09 bits per heavy atom. The van der Waals surface area contributed by atoms with Crippen LogP contribution < -0.4 is 15.2 Å². The number of rotatable bonds is 4. The lowest BCUT2D eigenvalue weighted by Gasteiger charge is -2.11. The Labute approximate surface area is 137 Å². The quantitative estimate of drug-likeness (QED) is 0.646. The lowest BCUT2D eigenvalue weighted by Crippen LogP contribution is -2.90. The number of carbonyl (C=O) groups excluding carboxylic acids is 2. The highest BCUT2D eigenvalue weighted by Crippen LogP contribution is 2.28. The van der Waals surface area contributed by atoms with E-state index in [-0.39, 0.29) is 5.37 Å². The number of ether oxygens (including phenoxy) is 1. The molecule has 0 radical (unpaired) electrons. The maximum atomic E-state index is 12.0. The molecule has 1 fully saturated rings. The van der Waals surface area contributed by atoms with Gasteiger partial charge in [-0.1, -0.05) is 30.0 Å². The molecule has 2 N–H and O–H groups in total. The maximum absolute atomic E-state index is 12.0. The average molecular weight is 329 g/mol. The number of carboxylic acids is 1. The Morgan fingerprint density at radius 3 is 2.39 bits per heavy atom.